The van der Waals surface area contributed by atoms with Crippen molar-refractivity contribution in [3.8, 4) is 0 Å². The topological polar surface area (TPSA) is 76.0 Å². The minimum atomic E-state index is -0.549. The van der Waals surface area contributed by atoms with E-state index in [1.807, 2.05) is 4.90 Å². The Morgan fingerprint density at radius 3 is 2.47 bits per heavy atom. The first-order valence-electron chi connectivity index (χ1n) is 13.7. The van der Waals surface area contributed by atoms with Crippen molar-refractivity contribution in [2.24, 2.45) is 0 Å². The second-order valence-corrected chi connectivity index (χ2v) is 11.5. The molecule has 206 valence electrons. The first-order chi connectivity index (χ1) is 18.2. The molecule has 10 heteroatoms. The van der Waals surface area contributed by atoms with Crippen LogP contribution in [0.1, 0.15) is 62.0 Å². The van der Waals surface area contributed by atoms with Gasteiger partial charge in [0.15, 0.2) is 0 Å². The molecule has 5 rings (SSSR count). The van der Waals surface area contributed by atoms with Gasteiger partial charge in [0.05, 0.1) is 22.7 Å². The largest absolute Gasteiger partial charge is 0.387 e. The molecule has 1 N–H and O–H groups in total. The Kier molecular flexibility index (Phi) is 8.19. The van der Waals surface area contributed by atoms with Gasteiger partial charge in [-0.3, -0.25) is 14.6 Å². The van der Waals surface area contributed by atoms with Crippen LogP contribution in [0.2, 0.25) is 5.02 Å². The van der Waals surface area contributed by atoms with Crippen LogP contribution in [-0.2, 0) is 4.79 Å². The van der Waals surface area contributed by atoms with Crippen molar-refractivity contribution in [1.29, 1.82) is 0 Å². The molecule has 0 bridgehead atoms. The first kappa shape index (κ1) is 27.2. The van der Waals surface area contributed by atoms with Crippen LogP contribution in [-0.4, -0.2) is 101 Å². The highest BCUT2D eigenvalue weighted by atomic mass is 35.5. The Hall–Kier alpha value is -2.33. The predicted octanol–water partition coefficient (Wildman–Crippen LogP) is 3.27. The molecular formula is C28H38ClFN6O2. The fourth-order valence-corrected chi connectivity index (χ4v) is 6.21. The molecule has 8 nitrogen and oxygen atoms in total. The molecular weight excluding hydrogens is 507 g/mol. The van der Waals surface area contributed by atoms with Gasteiger partial charge in [0, 0.05) is 70.5 Å². The summed E-state index contributed by atoms with van der Waals surface area (Å²) in [4.78, 5) is 31.7. The fourth-order valence-electron chi connectivity index (χ4n) is 6.09. The average molecular weight is 545 g/mol. The van der Waals surface area contributed by atoms with Crippen molar-refractivity contribution in [3.05, 3.63) is 52.2 Å². The van der Waals surface area contributed by atoms with Gasteiger partial charge in [-0.2, -0.15) is 0 Å². The number of halogens is 2. The lowest BCUT2D eigenvalue weighted by molar-refractivity contribution is -0.133. The molecule has 3 atom stereocenters. The van der Waals surface area contributed by atoms with E-state index in [1.165, 1.54) is 12.4 Å². The van der Waals surface area contributed by atoms with Gasteiger partial charge in [0.25, 0.3) is 0 Å². The van der Waals surface area contributed by atoms with Crippen LogP contribution < -0.4 is 4.90 Å². The van der Waals surface area contributed by atoms with Crippen LogP contribution in [0.15, 0.2) is 24.5 Å². The molecule has 2 aliphatic heterocycles. The molecule has 3 aliphatic rings. The molecule has 0 spiro atoms. The van der Waals surface area contributed by atoms with Gasteiger partial charge in [-0.25, -0.2) is 14.4 Å². The van der Waals surface area contributed by atoms with Crippen molar-refractivity contribution in [2.45, 2.75) is 51.2 Å². The van der Waals surface area contributed by atoms with Gasteiger partial charge in [-0.05, 0) is 43.9 Å². The Morgan fingerprint density at radius 1 is 1.11 bits per heavy atom. The van der Waals surface area contributed by atoms with E-state index in [9.17, 15) is 14.3 Å². The number of nitrogens with zero attached hydrogens (tertiary/aromatic N) is 6. The molecule has 1 aromatic carbocycles. The number of hydrogen-bond acceptors (Lipinski definition) is 7. The van der Waals surface area contributed by atoms with Crippen molar-refractivity contribution in [1.82, 2.24) is 24.7 Å². The molecule has 1 unspecified atom stereocenters. The van der Waals surface area contributed by atoms with Gasteiger partial charge in [0.2, 0.25) is 5.91 Å². The summed E-state index contributed by atoms with van der Waals surface area (Å²) in [6.07, 6.45) is 1.63. The lowest BCUT2D eigenvalue weighted by atomic mass is 9.95. The van der Waals surface area contributed by atoms with E-state index in [0.29, 0.717) is 50.7 Å². The molecule has 0 radical (unpaired) electrons. The van der Waals surface area contributed by atoms with Gasteiger partial charge >= 0.3 is 0 Å². The Balaban J connectivity index is 1.30. The van der Waals surface area contributed by atoms with E-state index in [1.54, 1.807) is 12.1 Å². The summed E-state index contributed by atoms with van der Waals surface area (Å²) in [7, 11) is 0. The van der Waals surface area contributed by atoms with Crippen LogP contribution in [0.5, 0.6) is 0 Å². The number of amides is 1. The molecule has 1 aromatic heterocycles. The Bertz CT molecular complexity index is 1150. The number of aliphatic hydroxyl groups excluding tert-OH is 1. The quantitative estimate of drug-likeness (QED) is 0.598. The third-order valence-corrected chi connectivity index (χ3v) is 8.70. The van der Waals surface area contributed by atoms with Gasteiger partial charge < -0.3 is 14.9 Å². The van der Waals surface area contributed by atoms with Gasteiger partial charge in [-0.15, -0.1) is 0 Å². The van der Waals surface area contributed by atoms with Gasteiger partial charge in [0.1, 0.15) is 18.0 Å². The maximum Gasteiger partial charge on any atom is 0.231 e. The number of hydrogen-bond donors (Lipinski definition) is 1. The highest BCUT2D eigenvalue weighted by Crippen LogP contribution is 2.42. The number of carbonyl (C=O) groups excluding carboxylic acids is 1. The molecule has 0 saturated carbocycles. The van der Waals surface area contributed by atoms with E-state index in [4.69, 9.17) is 11.6 Å². The molecule has 1 amide bonds. The highest BCUT2D eigenvalue weighted by molar-refractivity contribution is 6.30. The minimum Gasteiger partial charge on any atom is -0.387 e. The molecule has 2 aromatic rings. The maximum atomic E-state index is 14.5. The molecule has 2 saturated heterocycles. The lowest BCUT2D eigenvalue weighted by Gasteiger charge is -2.40. The van der Waals surface area contributed by atoms with Crippen molar-refractivity contribution in [2.75, 3.05) is 63.8 Å². The predicted molar refractivity (Wildman–Crippen MR) is 146 cm³/mol. The molecule has 38 heavy (non-hydrogen) atoms. The summed E-state index contributed by atoms with van der Waals surface area (Å²) in [6, 6.07) is 5.25. The van der Waals surface area contributed by atoms with Crippen molar-refractivity contribution < 1.29 is 14.3 Å². The Morgan fingerprint density at radius 2 is 1.82 bits per heavy atom. The maximum absolute atomic E-state index is 14.5. The number of aromatic nitrogens is 2. The number of rotatable bonds is 6. The van der Waals surface area contributed by atoms with Crippen LogP contribution in [0.25, 0.3) is 0 Å². The van der Waals surface area contributed by atoms with E-state index in [0.717, 1.165) is 43.3 Å². The summed E-state index contributed by atoms with van der Waals surface area (Å²) in [6.45, 7) is 13.2. The summed E-state index contributed by atoms with van der Waals surface area (Å²) >= 11 is 5.97. The second kappa shape index (κ2) is 11.4. The normalized spacial score (nSPS) is 23.7. The summed E-state index contributed by atoms with van der Waals surface area (Å²) < 4.78 is 14.5. The zero-order valence-electron chi connectivity index (χ0n) is 22.5. The number of benzene rings is 1. The van der Waals surface area contributed by atoms with Crippen LogP contribution in [0, 0.1) is 5.82 Å². The summed E-state index contributed by atoms with van der Waals surface area (Å²) in [5, 5.41) is 10.4. The monoisotopic (exact) mass is 544 g/mol. The Labute approximate surface area is 229 Å². The van der Waals surface area contributed by atoms with E-state index in [-0.39, 0.29) is 16.8 Å². The summed E-state index contributed by atoms with van der Waals surface area (Å²) in [5.41, 5.74) is 2.42. The number of carbonyl (C=O) groups is 1. The van der Waals surface area contributed by atoms with Crippen molar-refractivity contribution >= 4 is 23.3 Å². The summed E-state index contributed by atoms with van der Waals surface area (Å²) in [5.74, 6) is 0.124. The third-order valence-electron chi connectivity index (χ3n) is 8.39. The standard InChI is InChI=1S/C28H38ClFN6O2/c1-18(2)34-8-6-33(7-9-34)16-21(20-4-5-22(29)23(30)15-20)28(38)36-12-10-35(11-13-36)27-25-19(3)14-24(37)26(25)31-17-32-27/h4-5,15,17-19,21,24,37H,6-14,16H2,1-3H3/t19-,21?,24-/m1/s1. The SMILES string of the molecule is CC(C)N1CCN(CC(C(=O)N2CCN(c3ncnc4c3[C@H](C)C[C@H]4O)CC2)c2ccc(Cl)c(F)c2)CC1. The number of fused-ring (bicyclic) bond motifs is 1. The third kappa shape index (κ3) is 5.52. The number of anilines is 1. The van der Waals surface area contributed by atoms with Crippen LogP contribution in [0.4, 0.5) is 10.2 Å². The number of piperazine rings is 2. The van der Waals surface area contributed by atoms with E-state index >= 15 is 0 Å². The molecule has 3 heterocycles. The number of aliphatic hydroxyl groups is 1. The zero-order chi connectivity index (χ0) is 27.0. The lowest BCUT2D eigenvalue weighted by Crippen LogP contribution is -2.53. The smallest absolute Gasteiger partial charge is 0.231 e. The van der Waals surface area contributed by atoms with E-state index in [2.05, 4.69) is 45.4 Å². The first-order valence-corrected chi connectivity index (χ1v) is 14.1. The zero-order valence-corrected chi connectivity index (χ0v) is 23.2. The van der Waals surface area contributed by atoms with Crippen molar-refractivity contribution in [3.63, 3.8) is 0 Å². The van der Waals surface area contributed by atoms with E-state index < -0.39 is 17.8 Å². The van der Waals surface area contributed by atoms with Gasteiger partial charge in [-0.1, -0.05) is 24.6 Å². The van der Waals surface area contributed by atoms with Crippen LogP contribution in [0.3, 0.4) is 0 Å². The second-order valence-electron chi connectivity index (χ2n) is 11.1. The average Bonchev–Trinajstić information content (AvgIpc) is 3.22. The molecule has 2 fully saturated rings. The minimum absolute atomic E-state index is 0.0226. The fraction of sp³-hybridized carbons (Fsp3) is 0.607. The van der Waals surface area contributed by atoms with Crippen LogP contribution >= 0.6 is 11.6 Å². The molecule has 1 aliphatic carbocycles. The highest BCUT2D eigenvalue weighted by Gasteiger charge is 2.36.